The highest BCUT2D eigenvalue weighted by atomic mass is 32.1. The number of aromatic nitrogens is 1. The second kappa shape index (κ2) is 4.32. The molecule has 2 N–H and O–H groups in total. The SMILES string of the molecule is COC(=O)c1cc(-c2ccccn2)sc1N. The lowest BCUT2D eigenvalue weighted by Crippen LogP contribution is -2.01. The molecule has 0 aliphatic rings. The van der Waals surface area contributed by atoms with E-state index in [2.05, 4.69) is 9.72 Å². The summed E-state index contributed by atoms with van der Waals surface area (Å²) in [4.78, 5) is 16.4. The molecule has 0 amide bonds. The number of nitrogens with two attached hydrogens (primary N) is 1. The van der Waals surface area contributed by atoms with Gasteiger partial charge in [0.25, 0.3) is 0 Å². The van der Waals surface area contributed by atoms with Gasteiger partial charge in [-0.15, -0.1) is 11.3 Å². The van der Waals surface area contributed by atoms with Crippen LogP contribution in [0.5, 0.6) is 0 Å². The molecule has 0 unspecified atom stereocenters. The molecule has 5 heteroatoms. The summed E-state index contributed by atoms with van der Waals surface area (Å²) in [5, 5.41) is 0.451. The fourth-order valence-corrected chi connectivity index (χ4v) is 2.20. The number of thiophene rings is 1. The number of hydrogen-bond donors (Lipinski definition) is 1. The van der Waals surface area contributed by atoms with E-state index in [0.717, 1.165) is 10.6 Å². The Hall–Kier alpha value is -1.88. The number of carbonyl (C=O) groups excluding carboxylic acids is 1. The molecule has 2 rings (SSSR count). The first-order valence-electron chi connectivity index (χ1n) is 4.61. The van der Waals surface area contributed by atoms with E-state index in [1.54, 1.807) is 12.3 Å². The van der Waals surface area contributed by atoms with E-state index in [0.29, 0.717) is 10.6 Å². The van der Waals surface area contributed by atoms with Crippen LogP contribution in [0.15, 0.2) is 30.5 Å². The van der Waals surface area contributed by atoms with Crippen LogP contribution >= 0.6 is 11.3 Å². The summed E-state index contributed by atoms with van der Waals surface area (Å²) >= 11 is 1.33. The number of carbonyl (C=O) groups is 1. The number of nitrogen functional groups attached to an aromatic ring is 1. The summed E-state index contributed by atoms with van der Waals surface area (Å²) in [6.07, 6.45) is 1.70. The van der Waals surface area contributed by atoms with Gasteiger partial charge in [0, 0.05) is 6.20 Å². The predicted octanol–water partition coefficient (Wildman–Crippen LogP) is 2.18. The predicted molar refractivity (Wildman–Crippen MR) is 63.3 cm³/mol. The molecule has 2 aromatic rings. The van der Waals surface area contributed by atoms with Crippen molar-refractivity contribution in [1.82, 2.24) is 4.98 Å². The summed E-state index contributed by atoms with van der Waals surface area (Å²) in [6, 6.07) is 7.29. The van der Waals surface area contributed by atoms with Gasteiger partial charge in [-0.25, -0.2) is 4.79 Å². The van der Waals surface area contributed by atoms with Gasteiger partial charge in [-0.3, -0.25) is 4.98 Å². The molecule has 0 bridgehead atoms. The Kier molecular flexibility index (Phi) is 2.87. The molecule has 82 valence electrons. The highest BCUT2D eigenvalue weighted by Crippen LogP contribution is 2.32. The molecule has 0 radical (unpaired) electrons. The summed E-state index contributed by atoms with van der Waals surface area (Å²) in [5.74, 6) is -0.420. The van der Waals surface area contributed by atoms with Crippen molar-refractivity contribution in [2.24, 2.45) is 0 Å². The highest BCUT2D eigenvalue weighted by Gasteiger charge is 2.15. The zero-order chi connectivity index (χ0) is 11.5. The largest absolute Gasteiger partial charge is 0.465 e. The first-order chi connectivity index (χ1) is 7.72. The Morgan fingerprint density at radius 1 is 1.50 bits per heavy atom. The Balaban J connectivity index is 2.42. The molecular formula is C11H10N2O2S. The summed E-state index contributed by atoms with van der Waals surface area (Å²) in [5.41, 5.74) is 6.94. The summed E-state index contributed by atoms with van der Waals surface area (Å²) < 4.78 is 4.63. The molecular weight excluding hydrogens is 224 g/mol. The van der Waals surface area contributed by atoms with E-state index in [1.165, 1.54) is 18.4 Å². The molecule has 4 nitrogen and oxygen atoms in total. The Labute approximate surface area is 96.7 Å². The normalized spacial score (nSPS) is 10.1. The molecule has 0 saturated heterocycles. The van der Waals surface area contributed by atoms with Gasteiger partial charge >= 0.3 is 5.97 Å². The quantitative estimate of drug-likeness (QED) is 0.809. The van der Waals surface area contributed by atoms with Crippen molar-refractivity contribution in [2.75, 3.05) is 12.8 Å². The minimum Gasteiger partial charge on any atom is -0.465 e. The van der Waals surface area contributed by atoms with Crippen LogP contribution in [0.25, 0.3) is 10.6 Å². The number of pyridine rings is 1. The van der Waals surface area contributed by atoms with Crippen molar-refractivity contribution in [2.45, 2.75) is 0 Å². The standard InChI is InChI=1S/C11H10N2O2S/c1-15-11(14)7-6-9(16-10(7)12)8-4-2-3-5-13-8/h2-6H,12H2,1H3. The maximum atomic E-state index is 11.4. The van der Waals surface area contributed by atoms with E-state index in [4.69, 9.17) is 5.73 Å². The van der Waals surface area contributed by atoms with Gasteiger partial charge in [-0.2, -0.15) is 0 Å². The molecule has 2 aromatic heterocycles. The molecule has 0 fully saturated rings. The fourth-order valence-electron chi connectivity index (χ4n) is 1.31. The van der Waals surface area contributed by atoms with Crippen molar-refractivity contribution in [3.63, 3.8) is 0 Å². The van der Waals surface area contributed by atoms with Crippen LogP contribution in [0.1, 0.15) is 10.4 Å². The van der Waals surface area contributed by atoms with Crippen molar-refractivity contribution in [1.29, 1.82) is 0 Å². The smallest absolute Gasteiger partial charge is 0.340 e. The van der Waals surface area contributed by atoms with Crippen molar-refractivity contribution < 1.29 is 9.53 Å². The first kappa shape index (κ1) is 10.6. The monoisotopic (exact) mass is 234 g/mol. The maximum absolute atomic E-state index is 11.4. The van der Waals surface area contributed by atoms with Gasteiger partial charge in [0.2, 0.25) is 0 Å². The number of hydrogen-bond acceptors (Lipinski definition) is 5. The van der Waals surface area contributed by atoms with E-state index < -0.39 is 5.97 Å². The molecule has 0 aliphatic heterocycles. The third-order valence-electron chi connectivity index (χ3n) is 2.08. The molecule has 2 heterocycles. The fraction of sp³-hybridized carbons (Fsp3) is 0.0909. The van der Waals surface area contributed by atoms with E-state index in [9.17, 15) is 4.79 Å². The van der Waals surface area contributed by atoms with Crippen LogP contribution in [-0.2, 0) is 4.74 Å². The van der Waals surface area contributed by atoms with E-state index in [-0.39, 0.29) is 0 Å². The van der Waals surface area contributed by atoms with Crippen LogP contribution < -0.4 is 5.73 Å². The van der Waals surface area contributed by atoms with Crippen LogP contribution in [0.3, 0.4) is 0 Å². The molecule has 0 atom stereocenters. The minimum atomic E-state index is -0.420. The number of esters is 1. The van der Waals surface area contributed by atoms with E-state index >= 15 is 0 Å². The minimum absolute atomic E-state index is 0.396. The average molecular weight is 234 g/mol. The van der Waals surface area contributed by atoms with Crippen molar-refractivity contribution in [3.05, 3.63) is 36.0 Å². The van der Waals surface area contributed by atoms with E-state index in [1.807, 2.05) is 18.2 Å². The number of rotatable bonds is 2. The van der Waals surface area contributed by atoms with Crippen LogP contribution in [-0.4, -0.2) is 18.1 Å². The van der Waals surface area contributed by atoms with Gasteiger partial charge in [0.05, 0.1) is 23.2 Å². The zero-order valence-corrected chi connectivity index (χ0v) is 9.45. The topological polar surface area (TPSA) is 65.2 Å². The first-order valence-corrected chi connectivity index (χ1v) is 5.43. The second-order valence-corrected chi connectivity index (χ2v) is 4.18. The van der Waals surface area contributed by atoms with Gasteiger partial charge < -0.3 is 10.5 Å². The lowest BCUT2D eigenvalue weighted by Gasteiger charge is -1.94. The summed E-state index contributed by atoms with van der Waals surface area (Å²) in [7, 11) is 1.33. The lowest BCUT2D eigenvalue weighted by atomic mass is 10.2. The number of anilines is 1. The lowest BCUT2D eigenvalue weighted by molar-refractivity contribution is 0.0602. The number of nitrogens with zero attached hydrogens (tertiary/aromatic N) is 1. The summed E-state index contributed by atoms with van der Waals surface area (Å²) in [6.45, 7) is 0. The second-order valence-electron chi connectivity index (χ2n) is 3.10. The zero-order valence-electron chi connectivity index (χ0n) is 8.64. The average Bonchev–Trinajstić information content (AvgIpc) is 2.71. The van der Waals surface area contributed by atoms with Gasteiger partial charge in [0.15, 0.2) is 0 Å². The van der Waals surface area contributed by atoms with Crippen LogP contribution in [0, 0.1) is 0 Å². The van der Waals surface area contributed by atoms with Crippen molar-refractivity contribution in [3.8, 4) is 10.6 Å². The van der Waals surface area contributed by atoms with Crippen LogP contribution in [0.4, 0.5) is 5.00 Å². The maximum Gasteiger partial charge on any atom is 0.340 e. The van der Waals surface area contributed by atoms with Gasteiger partial charge in [-0.1, -0.05) is 6.07 Å². The number of methoxy groups -OCH3 is 1. The third-order valence-corrected chi connectivity index (χ3v) is 3.07. The van der Waals surface area contributed by atoms with Crippen LogP contribution in [0.2, 0.25) is 0 Å². The Bertz CT molecular complexity index is 508. The Morgan fingerprint density at radius 3 is 2.94 bits per heavy atom. The van der Waals surface area contributed by atoms with Gasteiger partial charge in [-0.05, 0) is 18.2 Å². The molecule has 0 aromatic carbocycles. The molecule has 0 spiro atoms. The molecule has 16 heavy (non-hydrogen) atoms. The molecule has 0 aliphatic carbocycles. The van der Waals surface area contributed by atoms with Gasteiger partial charge in [0.1, 0.15) is 5.00 Å². The molecule has 0 saturated carbocycles. The number of ether oxygens (including phenoxy) is 1. The van der Waals surface area contributed by atoms with Crippen molar-refractivity contribution >= 4 is 22.3 Å². The highest BCUT2D eigenvalue weighted by molar-refractivity contribution is 7.19. The Morgan fingerprint density at radius 2 is 2.31 bits per heavy atom. The third kappa shape index (κ3) is 1.90.